The Hall–Kier alpha value is -1.10. The summed E-state index contributed by atoms with van der Waals surface area (Å²) in [5, 5.41) is 13.6. The molecule has 3 N–H and O–H groups in total. The lowest BCUT2D eigenvalue weighted by Gasteiger charge is -2.11. The average molecular weight is 174 g/mol. The second-order valence-electron chi connectivity index (χ2n) is 2.40. The van der Waals surface area contributed by atoms with Crippen LogP contribution in [-0.4, -0.2) is 36.6 Å². The van der Waals surface area contributed by atoms with Crippen molar-refractivity contribution in [2.75, 3.05) is 13.6 Å². The molecule has 0 aromatic heterocycles. The molecule has 0 heterocycles. The van der Waals surface area contributed by atoms with Crippen molar-refractivity contribution in [1.82, 2.24) is 10.6 Å². The first-order valence-corrected chi connectivity index (χ1v) is 3.78. The second-order valence-corrected chi connectivity index (χ2v) is 2.40. The Balaban J connectivity index is 3.85. The van der Waals surface area contributed by atoms with E-state index in [1.807, 2.05) is 0 Å². The number of carboxylic acid groups (broad SMARTS) is 1. The van der Waals surface area contributed by atoms with E-state index >= 15 is 0 Å². The minimum Gasteiger partial charge on any atom is -0.480 e. The highest BCUT2D eigenvalue weighted by Gasteiger charge is 2.16. The summed E-state index contributed by atoms with van der Waals surface area (Å²) >= 11 is 0. The molecule has 0 saturated carbocycles. The van der Waals surface area contributed by atoms with Crippen LogP contribution in [-0.2, 0) is 9.59 Å². The van der Waals surface area contributed by atoms with E-state index in [0.29, 0.717) is 6.42 Å². The molecule has 0 aliphatic rings. The number of aliphatic carboxylic acids is 1. The zero-order chi connectivity index (χ0) is 9.56. The van der Waals surface area contributed by atoms with Crippen molar-refractivity contribution in [2.45, 2.75) is 19.4 Å². The molecule has 0 aromatic rings. The number of hydrogen-bond donors (Lipinski definition) is 3. The van der Waals surface area contributed by atoms with Gasteiger partial charge in [0.05, 0.1) is 6.54 Å². The summed E-state index contributed by atoms with van der Waals surface area (Å²) in [6.07, 6.45) is 0.394. The lowest BCUT2D eigenvalue weighted by atomic mass is 10.2. The molecule has 0 aromatic carbocycles. The molecule has 0 bridgehead atoms. The Morgan fingerprint density at radius 1 is 1.50 bits per heavy atom. The zero-order valence-electron chi connectivity index (χ0n) is 7.26. The lowest BCUT2D eigenvalue weighted by Crippen LogP contribution is -2.43. The van der Waals surface area contributed by atoms with E-state index in [-0.39, 0.29) is 12.5 Å². The maximum atomic E-state index is 10.9. The van der Waals surface area contributed by atoms with E-state index in [1.54, 1.807) is 14.0 Å². The summed E-state index contributed by atoms with van der Waals surface area (Å²) in [5.41, 5.74) is 0. The minimum atomic E-state index is -0.998. The van der Waals surface area contributed by atoms with Crippen molar-refractivity contribution in [2.24, 2.45) is 0 Å². The van der Waals surface area contributed by atoms with Gasteiger partial charge in [-0.25, -0.2) is 4.79 Å². The molecule has 0 unspecified atom stereocenters. The highest BCUT2D eigenvalue weighted by Crippen LogP contribution is 1.89. The summed E-state index contributed by atoms with van der Waals surface area (Å²) < 4.78 is 0. The smallest absolute Gasteiger partial charge is 0.326 e. The van der Waals surface area contributed by atoms with Crippen molar-refractivity contribution in [3.63, 3.8) is 0 Å². The fourth-order valence-electron chi connectivity index (χ4n) is 0.744. The van der Waals surface area contributed by atoms with Gasteiger partial charge in [0.1, 0.15) is 6.04 Å². The SMILES string of the molecule is CC[C@H](NC(=O)CNC)C(=O)O. The van der Waals surface area contributed by atoms with Crippen molar-refractivity contribution >= 4 is 11.9 Å². The quantitative estimate of drug-likeness (QED) is 0.509. The highest BCUT2D eigenvalue weighted by molar-refractivity contribution is 5.84. The van der Waals surface area contributed by atoms with Gasteiger partial charge < -0.3 is 15.7 Å². The van der Waals surface area contributed by atoms with Gasteiger partial charge in [0.2, 0.25) is 5.91 Å². The summed E-state index contributed by atoms with van der Waals surface area (Å²) in [6.45, 7) is 1.85. The number of hydrogen-bond acceptors (Lipinski definition) is 3. The molecule has 0 saturated heterocycles. The lowest BCUT2D eigenvalue weighted by molar-refractivity contribution is -0.141. The normalized spacial score (nSPS) is 12.2. The zero-order valence-corrected chi connectivity index (χ0v) is 7.26. The molecule has 0 spiro atoms. The van der Waals surface area contributed by atoms with Crippen LogP contribution < -0.4 is 10.6 Å². The van der Waals surface area contributed by atoms with Crippen molar-refractivity contribution in [1.29, 1.82) is 0 Å². The third kappa shape index (κ3) is 3.92. The van der Waals surface area contributed by atoms with Crippen molar-refractivity contribution in [3.8, 4) is 0 Å². The monoisotopic (exact) mass is 174 g/mol. The molecule has 70 valence electrons. The maximum Gasteiger partial charge on any atom is 0.326 e. The molecule has 5 heteroatoms. The molecule has 0 radical (unpaired) electrons. The van der Waals surface area contributed by atoms with Crippen LogP contribution in [0.2, 0.25) is 0 Å². The van der Waals surface area contributed by atoms with Gasteiger partial charge in [-0.3, -0.25) is 4.79 Å². The van der Waals surface area contributed by atoms with Crippen molar-refractivity contribution in [3.05, 3.63) is 0 Å². The molecule has 5 nitrogen and oxygen atoms in total. The number of carbonyl (C=O) groups excluding carboxylic acids is 1. The largest absolute Gasteiger partial charge is 0.480 e. The Morgan fingerprint density at radius 2 is 2.08 bits per heavy atom. The van der Waals surface area contributed by atoms with E-state index in [9.17, 15) is 9.59 Å². The average Bonchev–Trinajstić information content (AvgIpc) is 2.00. The van der Waals surface area contributed by atoms with E-state index in [2.05, 4.69) is 10.6 Å². The van der Waals surface area contributed by atoms with Crippen LogP contribution in [0.15, 0.2) is 0 Å². The van der Waals surface area contributed by atoms with E-state index in [0.717, 1.165) is 0 Å². The van der Waals surface area contributed by atoms with Crippen molar-refractivity contribution < 1.29 is 14.7 Å². The predicted octanol–water partition coefficient (Wildman–Crippen LogP) is -0.815. The number of carbonyl (C=O) groups is 2. The van der Waals surface area contributed by atoms with Crippen LogP contribution in [0.5, 0.6) is 0 Å². The fraction of sp³-hybridized carbons (Fsp3) is 0.714. The van der Waals surface area contributed by atoms with E-state index in [4.69, 9.17) is 5.11 Å². The van der Waals surface area contributed by atoms with Gasteiger partial charge in [-0.05, 0) is 13.5 Å². The van der Waals surface area contributed by atoms with Gasteiger partial charge in [-0.1, -0.05) is 6.92 Å². The molecule has 12 heavy (non-hydrogen) atoms. The Kier molecular flexibility index (Phi) is 5.03. The minimum absolute atomic E-state index is 0.143. The predicted molar refractivity (Wildman–Crippen MR) is 43.8 cm³/mol. The van der Waals surface area contributed by atoms with Gasteiger partial charge in [0.25, 0.3) is 0 Å². The van der Waals surface area contributed by atoms with Gasteiger partial charge in [-0.2, -0.15) is 0 Å². The third-order valence-corrected chi connectivity index (χ3v) is 1.38. The van der Waals surface area contributed by atoms with Crippen LogP contribution in [0.1, 0.15) is 13.3 Å². The third-order valence-electron chi connectivity index (χ3n) is 1.38. The number of carboxylic acids is 1. The maximum absolute atomic E-state index is 10.9. The Labute approximate surface area is 71.1 Å². The molecule has 0 aliphatic carbocycles. The summed E-state index contributed by atoms with van der Waals surface area (Å²) in [4.78, 5) is 21.3. The number of nitrogens with one attached hydrogen (secondary N) is 2. The number of amides is 1. The molecule has 1 atom stereocenters. The van der Waals surface area contributed by atoms with Crippen LogP contribution in [0.4, 0.5) is 0 Å². The summed E-state index contributed by atoms with van der Waals surface area (Å²) in [6, 6.07) is -0.772. The number of rotatable bonds is 5. The first-order chi connectivity index (χ1) is 5.61. The van der Waals surface area contributed by atoms with Gasteiger partial charge >= 0.3 is 5.97 Å². The van der Waals surface area contributed by atoms with Gasteiger partial charge in [-0.15, -0.1) is 0 Å². The molecule has 1 amide bonds. The van der Waals surface area contributed by atoms with E-state index in [1.165, 1.54) is 0 Å². The molecular formula is C7H14N2O3. The topological polar surface area (TPSA) is 78.4 Å². The molecule has 0 fully saturated rings. The van der Waals surface area contributed by atoms with E-state index < -0.39 is 12.0 Å². The summed E-state index contributed by atoms with van der Waals surface area (Å²) in [7, 11) is 1.63. The fourth-order valence-corrected chi connectivity index (χ4v) is 0.744. The Bertz CT molecular complexity index is 170. The highest BCUT2D eigenvalue weighted by atomic mass is 16.4. The molecule has 0 aliphatic heterocycles. The van der Waals surface area contributed by atoms with Crippen LogP contribution in [0.3, 0.4) is 0 Å². The Morgan fingerprint density at radius 3 is 2.42 bits per heavy atom. The van der Waals surface area contributed by atoms with Gasteiger partial charge in [0.15, 0.2) is 0 Å². The molecular weight excluding hydrogens is 160 g/mol. The summed E-state index contributed by atoms with van der Waals surface area (Å²) in [5.74, 6) is -1.30. The standard InChI is InChI=1S/C7H14N2O3/c1-3-5(7(11)12)9-6(10)4-8-2/h5,8H,3-4H2,1-2H3,(H,9,10)(H,11,12)/t5-/m0/s1. The molecule has 0 rings (SSSR count). The van der Waals surface area contributed by atoms with Crippen LogP contribution in [0.25, 0.3) is 0 Å². The van der Waals surface area contributed by atoms with Gasteiger partial charge in [0, 0.05) is 0 Å². The van der Waals surface area contributed by atoms with Crippen LogP contribution in [0, 0.1) is 0 Å². The van der Waals surface area contributed by atoms with Crippen LogP contribution >= 0.6 is 0 Å². The first kappa shape index (κ1) is 10.9. The number of likely N-dealkylation sites (N-methyl/N-ethyl adjacent to an activating group) is 1. The first-order valence-electron chi connectivity index (χ1n) is 3.78. The second kappa shape index (κ2) is 5.54.